The molecule has 0 aliphatic heterocycles. The molecule has 0 unspecified atom stereocenters. The molecule has 14 heavy (non-hydrogen) atoms. The minimum absolute atomic E-state index is 0.0946. The molecular weight excluding hydrogens is 218 g/mol. The first-order valence-electron chi connectivity index (χ1n) is 4.26. The fourth-order valence-corrected chi connectivity index (χ4v) is 2.22. The van der Waals surface area contributed by atoms with Gasteiger partial charge >= 0.3 is 0 Å². The number of rotatable bonds is 3. The van der Waals surface area contributed by atoms with Crippen LogP contribution in [-0.4, -0.2) is 9.67 Å². The molecule has 0 bridgehead atoms. The van der Waals surface area contributed by atoms with Crippen molar-refractivity contribution >= 4 is 22.9 Å². The molecule has 2 aromatic heterocycles. The maximum Gasteiger partial charge on any atom is 0.0931 e. The Morgan fingerprint density at radius 1 is 1.43 bits per heavy atom. The Morgan fingerprint density at radius 3 is 2.86 bits per heavy atom. The van der Waals surface area contributed by atoms with Crippen LogP contribution in [0.4, 0.5) is 0 Å². The van der Waals surface area contributed by atoms with Crippen molar-refractivity contribution in [2.75, 3.05) is 0 Å². The van der Waals surface area contributed by atoms with E-state index in [9.17, 15) is 0 Å². The first kappa shape index (κ1) is 9.77. The minimum atomic E-state index is 0.0946. The average Bonchev–Trinajstić information content (AvgIpc) is 2.76. The maximum atomic E-state index is 8.89. The molecule has 2 heterocycles. The summed E-state index contributed by atoms with van der Waals surface area (Å²) >= 11 is 7.37. The van der Waals surface area contributed by atoms with Crippen LogP contribution in [0.5, 0.6) is 0 Å². The highest BCUT2D eigenvalue weighted by atomic mass is 35.5. The number of hydrogen-bond donors (Lipinski definition) is 1. The van der Waals surface area contributed by atoms with Gasteiger partial charge in [-0.15, -0.1) is 11.3 Å². The average molecular weight is 228 g/mol. The Bertz CT molecular complexity index is 421. The van der Waals surface area contributed by atoms with Crippen LogP contribution in [0.1, 0.15) is 11.1 Å². The Balaban J connectivity index is 2.10. The van der Waals surface area contributed by atoms with E-state index in [-0.39, 0.29) is 6.61 Å². The van der Waals surface area contributed by atoms with E-state index in [0.29, 0.717) is 0 Å². The number of halogens is 1. The van der Waals surface area contributed by atoms with Crippen LogP contribution in [0.25, 0.3) is 0 Å². The van der Waals surface area contributed by atoms with Gasteiger partial charge in [0.1, 0.15) is 0 Å². The first-order chi connectivity index (χ1) is 6.78. The molecule has 0 atom stereocenters. The van der Waals surface area contributed by atoms with Crippen LogP contribution >= 0.6 is 22.9 Å². The topological polar surface area (TPSA) is 25.2 Å². The number of aliphatic hydroxyl groups is 1. The van der Waals surface area contributed by atoms with Crippen LogP contribution in [0, 0.1) is 0 Å². The van der Waals surface area contributed by atoms with Crippen LogP contribution in [0.2, 0.25) is 4.34 Å². The summed E-state index contributed by atoms with van der Waals surface area (Å²) in [5.41, 5.74) is 2.13. The van der Waals surface area contributed by atoms with Gasteiger partial charge in [-0.05, 0) is 28.6 Å². The predicted octanol–water partition coefficient (Wildman–Crippen LogP) is 2.74. The van der Waals surface area contributed by atoms with E-state index in [4.69, 9.17) is 16.7 Å². The smallest absolute Gasteiger partial charge is 0.0931 e. The lowest BCUT2D eigenvalue weighted by Gasteiger charge is -1.98. The van der Waals surface area contributed by atoms with Crippen LogP contribution in [0.15, 0.2) is 29.9 Å². The van der Waals surface area contributed by atoms with Crippen molar-refractivity contribution < 1.29 is 5.11 Å². The Labute approximate surface area is 91.4 Å². The second-order valence-electron chi connectivity index (χ2n) is 3.11. The van der Waals surface area contributed by atoms with Gasteiger partial charge in [-0.25, -0.2) is 0 Å². The number of hydrogen-bond acceptors (Lipinski definition) is 2. The molecule has 0 fully saturated rings. The predicted molar refractivity (Wildman–Crippen MR) is 58.8 cm³/mol. The van der Waals surface area contributed by atoms with Crippen molar-refractivity contribution in [2.45, 2.75) is 13.2 Å². The Morgan fingerprint density at radius 2 is 2.29 bits per heavy atom. The molecule has 0 saturated heterocycles. The number of thiophene rings is 1. The zero-order chi connectivity index (χ0) is 9.97. The van der Waals surface area contributed by atoms with Crippen LogP contribution < -0.4 is 0 Å². The van der Waals surface area contributed by atoms with E-state index in [0.717, 1.165) is 16.4 Å². The molecule has 0 amide bonds. The number of aromatic nitrogens is 1. The standard InChI is InChI=1S/C10H10ClNOS/c11-10-3-9(7-14-10)5-12-2-1-8(4-12)6-13/h1-4,7,13H,5-6H2. The van der Waals surface area contributed by atoms with Crippen LogP contribution in [-0.2, 0) is 13.2 Å². The number of nitrogens with zero attached hydrogens (tertiary/aromatic N) is 1. The van der Waals surface area contributed by atoms with E-state index < -0.39 is 0 Å². The van der Waals surface area contributed by atoms with Gasteiger partial charge in [-0.1, -0.05) is 11.6 Å². The third-order valence-electron chi connectivity index (χ3n) is 1.98. The van der Waals surface area contributed by atoms with Gasteiger partial charge < -0.3 is 9.67 Å². The van der Waals surface area contributed by atoms with Crippen LogP contribution in [0.3, 0.4) is 0 Å². The lowest BCUT2D eigenvalue weighted by atomic mass is 10.3. The zero-order valence-corrected chi connectivity index (χ0v) is 9.05. The number of aliphatic hydroxyl groups excluding tert-OH is 1. The van der Waals surface area contributed by atoms with E-state index in [1.54, 1.807) is 0 Å². The minimum Gasteiger partial charge on any atom is -0.392 e. The Kier molecular flexibility index (Phi) is 2.91. The molecule has 74 valence electrons. The zero-order valence-electron chi connectivity index (χ0n) is 7.48. The second kappa shape index (κ2) is 4.17. The highest BCUT2D eigenvalue weighted by molar-refractivity contribution is 7.14. The summed E-state index contributed by atoms with van der Waals surface area (Å²) in [5.74, 6) is 0. The van der Waals surface area contributed by atoms with Crippen molar-refractivity contribution in [2.24, 2.45) is 0 Å². The normalized spacial score (nSPS) is 10.7. The molecule has 0 spiro atoms. The highest BCUT2D eigenvalue weighted by Crippen LogP contribution is 2.20. The van der Waals surface area contributed by atoms with Crippen molar-refractivity contribution in [3.63, 3.8) is 0 Å². The van der Waals surface area contributed by atoms with Crippen molar-refractivity contribution in [1.29, 1.82) is 0 Å². The van der Waals surface area contributed by atoms with E-state index in [1.807, 2.05) is 34.5 Å². The molecule has 0 radical (unpaired) electrons. The molecule has 0 aromatic carbocycles. The van der Waals surface area contributed by atoms with Crippen molar-refractivity contribution in [1.82, 2.24) is 4.57 Å². The van der Waals surface area contributed by atoms with E-state index in [2.05, 4.69) is 0 Å². The van der Waals surface area contributed by atoms with Crippen molar-refractivity contribution in [3.05, 3.63) is 45.4 Å². The molecule has 0 saturated carbocycles. The lowest BCUT2D eigenvalue weighted by molar-refractivity contribution is 0.282. The fourth-order valence-electron chi connectivity index (χ4n) is 1.32. The summed E-state index contributed by atoms with van der Waals surface area (Å²) in [5, 5.41) is 10.9. The monoisotopic (exact) mass is 227 g/mol. The molecule has 2 nitrogen and oxygen atoms in total. The van der Waals surface area contributed by atoms with Gasteiger partial charge in [0.2, 0.25) is 0 Å². The van der Waals surface area contributed by atoms with Gasteiger partial charge in [0.05, 0.1) is 10.9 Å². The molecule has 2 aromatic rings. The summed E-state index contributed by atoms with van der Waals surface area (Å²) in [6, 6.07) is 3.87. The summed E-state index contributed by atoms with van der Waals surface area (Å²) in [6.45, 7) is 0.903. The maximum absolute atomic E-state index is 8.89. The highest BCUT2D eigenvalue weighted by Gasteiger charge is 1.99. The summed E-state index contributed by atoms with van der Waals surface area (Å²) in [4.78, 5) is 0. The SMILES string of the molecule is OCc1ccn(Cc2csc(Cl)c2)c1. The van der Waals surface area contributed by atoms with Gasteiger partial charge in [0.15, 0.2) is 0 Å². The molecule has 0 aliphatic rings. The molecule has 4 heteroatoms. The third-order valence-corrected chi connectivity index (χ3v) is 3.12. The molecular formula is C10H10ClNOS. The summed E-state index contributed by atoms with van der Waals surface area (Å²) in [7, 11) is 0. The van der Waals surface area contributed by atoms with E-state index >= 15 is 0 Å². The van der Waals surface area contributed by atoms with Gasteiger partial charge in [0.25, 0.3) is 0 Å². The largest absolute Gasteiger partial charge is 0.392 e. The third kappa shape index (κ3) is 2.18. The van der Waals surface area contributed by atoms with Crippen molar-refractivity contribution in [3.8, 4) is 0 Å². The van der Waals surface area contributed by atoms with Gasteiger partial charge in [0, 0.05) is 18.9 Å². The first-order valence-corrected chi connectivity index (χ1v) is 5.52. The summed E-state index contributed by atoms with van der Waals surface area (Å²) < 4.78 is 2.85. The summed E-state index contributed by atoms with van der Waals surface area (Å²) in [6.07, 6.45) is 3.89. The molecule has 2 rings (SSSR count). The molecule has 0 aliphatic carbocycles. The lowest BCUT2D eigenvalue weighted by Crippen LogP contribution is -1.94. The second-order valence-corrected chi connectivity index (χ2v) is 4.65. The van der Waals surface area contributed by atoms with Gasteiger partial charge in [-0.3, -0.25) is 0 Å². The van der Waals surface area contributed by atoms with Gasteiger partial charge in [-0.2, -0.15) is 0 Å². The fraction of sp³-hybridized carbons (Fsp3) is 0.200. The Hall–Kier alpha value is -0.770. The van der Waals surface area contributed by atoms with E-state index in [1.165, 1.54) is 16.9 Å². The molecule has 1 N–H and O–H groups in total. The quantitative estimate of drug-likeness (QED) is 0.857.